The van der Waals surface area contributed by atoms with Crippen LogP contribution in [0.3, 0.4) is 0 Å². The quantitative estimate of drug-likeness (QED) is 0.452. The first kappa shape index (κ1) is 19.0. The maximum Gasteiger partial charge on any atom is 0.259 e. The van der Waals surface area contributed by atoms with E-state index in [1.165, 1.54) is 0 Å². The maximum atomic E-state index is 12.6. The number of nitrogens with zero attached hydrogens (tertiary/aromatic N) is 3. The van der Waals surface area contributed by atoms with Crippen LogP contribution in [-0.4, -0.2) is 45.6 Å². The van der Waals surface area contributed by atoms with Gasteiger partial charge >= 0.3 is 0 Å². The van der Waals surface area contributed by atoms with Gasteiger partial charge in [-0.2, -0.15) is 5.21 Å². The van der Waals surface area contributed by atoms with Crippen molar-refractivity contribution in [2.45, 2.75) is 24.7 Å². The Morgan fingerprint density at radius 1 is 1.15 bits per heavy atom. The lowest BCUT2D eigenvalue weighted by Gasteiger charge is -2.13. The molecule has 3 aromatic rings. The number of hydrogen-bond donors (Lipinski definition) is 2. The van der Waals surface area contributed by atoms with Crippen molar-refractivity contribution >= 4 is 11.8 Å². The van der Waals surface area contributed by atoms with Crippen LogP contribution in [0.25, 0.3) is 22.6 Å². The highest BCUT2D eigenvalue weighted by molar-refractivity contribution is 7.99. The zero-order valence-electron chi connectivity index (χ0n) is 15.4. The van der Waals surface area contributed by atoms with Gasteiger partial charge in [-0.15, -0.1) is 22.0 Å². The van der Waals surface area contributed by atoms with Crippen LogP contribution < -0.4 is 15.0 Å². The molecular weight excluding hydrogens is 366 g/mol. The normalized spacial score (nSPS) is 10.8. The maximum absolute atomic E-state index is 12.6. The van der Waals surface area contributed by atoms with Crippen LogP contribution in [0.15, 0.2) is 34.0 Å². The summed E-state index contributed by atoms with van der Waals surface area (Å²) < 4.78 is 10.7. The highest BCUT2D eigenvalue weighted by Crippen LogP contribution is 2.36. The number of hydrogen-bond acceptors (Lipinski definition) is 7. The Bertz CT molecular complexity index is 956. The van der Waals surface area contributed by atoms with Crippen molar-refractivity contribution in [3.05, 3.63) is 34.6 Å². The van der Waals surface area contributed by atoms with Crippen molar-refractivity contribution < 1.29 is 9.47 Å². The number of pyridine rings is 1. The molecule has 0 aliphatic heterocycles. The van der Waals surface area contributed by atoms with Gasteiger partial charge in [-0.1, -0.05) is 13.3 Å². The Hall–Kier alpha value is -2.81. The summed E-state index contributed by atoms with van der Waals surface area (Å²) in [5.74, 6) is 2.44. The molecule has 2 heterocycles. The van der Waals surface area contributed by atoms with Crippen LogP contribution in [-0.2, 0) is 0 Å². The lowest BCUT2D eigenvalue weighted by atomic mass is 10.1. The van der Waals surface area contributed by atoms with Gasteiger partial charge in [0.15, 0.2) is 11.5 Å². The van der Waals surface area contributed by atoms with Crippen LogP contribution in [0.5, 0.6) is 11.5 Å². The van der Waals surface area contributed by atoms with Crippen LogP contribution >= 0.6 is 11.8 Å². The largest absolute Gasteiger partial charge is 0.493 e. The summed E-state index contributed by atoms with van der Waals surface area (Å²) >= 11 is 1.68. The zero-order chi connectivity index (χ0) is 19.2. The van der Waals surface area contributed by atoms with Crippen molar-refractivity contribution in [1.82, 2.24) is 25.6 Å². The zero-order valence-corrected chi connectivity index (χ0v) is 16.2. The third-order valence-corrected chi connectivity index (χ3v) is 5.14. The Kier molecular flexibility index (Phi) is 6.12. The van der Waals surface area contributed by atoms with E-state index in [0.29, 0.717) is 17.1 Å². The minimum Gasteiger partial charge on any atom is -0.493 e. The third kappa shape index (κ3) is 4.13. The molecule has 2 N–H and O–H groups in total. The lowest BCUT2D eigenvalue weighted by molar-refractivity contribution is 0.355. The summed E-state index contributed by atoms with van der Waals surface area (Å²) in [6.07, 6.45) is 2.17. The molecule has 142 valence electrons. The second-order valence-electron chi connectivity index (χ2n) is 5.76. The Labute approximate surface area is 160 Å². The number of aromatic nitrogens is 5. The monoisotopic (exact) mass is 387 g/mol. The van der Waals surface area contributed by atoms with Gasteiger partial charge in [0.1, 0.15) is 0 Å². The highest BCUT2D eigenvalue weighted by Gasteiger charge is 2.16. The van der Waals surface area contributed by atoms with E-state index in [0.717, 1.165) is 34.7 Å². The van der Waals surface area contributed by atoms with E-state index in [1.54, 1.807) is 26.0 Å². The molecule has 8 nitrogen and oxygen atoms in total. The van der Waals surface area contributed by atoms with Crippen molar-refractivity contribution in [2.75, 3.05) is 20.0 Å². The summed E-state index contributed by atoms with van der Waals surface area (Å²) in [6.45, 7) is 2.15. The summed E-state index contributed by atoms with van der Waals surface area (Å²) in [4.78, 5) is 16.5. The third-order valence-electron chi connectivity index (χ3n) is 4.02. The summed E-state index contributed by atoms with van der Waals surface area (Å²) in [5, 5.41) is 13.8. The average Bonchev–Trinajstić information content (AvgIpc) is 3.23. The number of methoxy groups -OCH3 is 2. The number of aromatic amines is 2. The minimum absolute atomic E-state index is 0.271. The standard InChI is InChI=1S/C18H21N5O3S/c1-4-5-8-27-15-10-12(17-20-22-23-21-17)18(24)19-16(15)11-6-7-13(25-2)14(9-11)26-3/h6-7,9-10H,4-5,8H2,1-3H3,(H,19,24)(H,20,21,22,23). The molecule has 0 amide bonds. The summed E-state index contributed by atoms with van der Waals surface area (Å²) in [7, 11) is 3.17. The molecule has 0 bridgehead atoms. The van der Waals surface area contributed by atoms with Crippen molar-refractivity contribution in [3.63, 3.8) is 0 Å². The second-order valence-corrected chi connectivity index (χ2v) is 6.90. The first-order valence-electron chi connectivity index (χ1n) is 8.54. The van der Waals surface area contributed by atoms with Crippen LogP contribution in [0.4, 0.5) is 0 Å². The molecule has 0 saturated carbocycles. The SMILES string of the molecule is CCCCSc1cc(-c2nn[nH]n2)c(=O)[nH]c1-c1ccc(OC)c(OC)c1. The molecule has 2 aromatic heterocycles. The molecule has 0 atom stereocenters. The van der Waals surface area contributed by atoms with E-state index in [1.807, 2.05) is 24.3 Å². The molecule has 0 unspecified atom stereocenters. The van der Waals surface area contributed by atoms with Gasteiger partial charge in [0.05, 0.1) is 25.5 Å². The van der Waals surface area contributed by atoms with Crippen molar-refractivity contribution in [2.24, 2.45) is 0 Å². The second kappa shape index (κ2) is 8.72. The number of benzene rings is 1. The number of thioether (sulfide) groups is 1. The molecule has 1 aromatic carbocycles. The Morgan fingerprint density at radius 2 is 1.96 bits per heavy atom. The van der Waals surface area contributed by atoms with Gasteiger partial charge in [-0.05, 0) is 41.7 Å². The van der Waals surface area contributed by atoms with E-state index in [-0.39, 0.29) is 11.4 Å². The van der Waals surface area contributed by atoms with Crippen LogP contribution in [0.2, 0.25) is 0 Å². The van der Waals surface area contributed by atoms with E-state index < -0.39 is 0 Å². The van der Waals surface area contributed by atoms with Gasteiger partial charge in [-0.25, -0.2) is 0 Å². The van der Waals surface area contributed by atoms with E-state index >= 15 is 0 Å². The average molecular weight is 387 g/mol. The first-order chi connectivity index (χ1) is 13.2. The summed E-state index contributed by atoms with van der Waals surface area (Å²) in [5.41, 5.74) is 1.67. The predicted molar refractivity (Wildman–Crippen MR) is 104 cm³/mol. The predicted octanol–water partition coefficient (Wildman–Crippen LogP) is 3.13. The number of tetrazole rings is 1. The van der Waals surface area contributed by atoms with Gasteiger partial charge in [0.25, 0.3) is 5.56 Å². The fourth-order valence-electron chi connectivity index (χ4n) is 2.60. The van der Waals surface area contributed by atoms with Crippen molar-refractivity contribution in [3.8, 4) is 34.1 Å². The molecule has 0 aliphatic carbocycles. The molecule has 0 saturated heterocycles. The Balaban J connectivity index is 2.10. The molecule has 3 rings (SSSR count). The molecule has 0 spiro atoms. The van der Waals surface area contributed by atoms with Gasteiger partial charge < -0.3 is 14.5 Å². The van der Waals surface area contributed by atoms with Crippen molar-refractivity contribution in [1.29, 1.82) is 0 Å². The number of unbranched alkanes of at least 4 members (excludes halogenated alkanes) is 1. The highest BCUT2D eigenvalue weighted by atomic mass is 32.2. The van der Waals surface area contributed by atoms with E-state index in [2.05, 4.69) is 32.5 Å². The number of rotatable bonds is 8. The van der Waals surface area contributed by atoms with E-state index in [9.17, 15) is 4.79 Å². The minimum atomic E-state index is -0.277. The fraction of sp³-hybridized carbons (Fsp3) is 0.333. The Morgan fingerprint density at radius 3 is 2.63 bits per heavy atom. The molecule has 0 aliphatic rings. The van der Waals surface area contributed by atoms with Gasteiger partial charge in [0, 0.05) is 10.5 Å². The van der Waals surface area contributed by atoms with Crippen LogP contribution in [0.1, 0.15) is 19.8 Å². The topological polar surface area (TPSA) is 106 Å². The number of nitrogens with one attached hydrogen (secondary N) is 2. The van der Waals surface area contributed by atoms with Crippen LogP contribution in [0, 0.1) is 0 Å². The molecule has 9 heteroatoms. The van der Waals surface area contributed by atoms with E-state index in [4.69, 9.17) is 9.47 Å². The fourth-order valence-corrected chi connectivity index (χ4v) is 3.77. The molecule has 27 heavy (non-hydrogen) atoms. The number of H-pyrrole nitrogens is 2. The van der Waals surface area contributed by atoms with Gasteiger partial charge in [-0.3, -0.25) is 4.79 Å². The smallest absolute Gasteiger partial charge is 0.259 e. The molecule has 0 fully saturated rings. The summed E-state index contributed by atoms with van der Waals surface area (Å²) in [6, 6.07) is 7.38. The first-order valence-corrected chi connectivity index (χ1v) is 9.52. The molecule has 0 radical (unpaired) electrons. The molecular formula is C18H21N5O3S. The van der Waals surface area contributed by atoms with Gasteiger partial charge in [0.2, 0.25) is 5.82 Å². The lowest BCUT2D eigenvalue weighted by Crippen LogP contribution is -2.12. The number of ether oxygens (including phenoxy) is 2.